The molecule has 0 spiro atoms. The smallest absolute Gasteiger partial charge is 0.408 e. The van der Waals surface area contributed by atoms with E-state index in [9.17, 15) is 19.5 Å². The summed E-state index contributed by atoms with van der Waals surface area (Å²) in [6, 6.07) is 3.60. The van der Waals surface area contributed by atoms with Gasteiger partial charge in [0.2, 0.25) is 0 Å². The average Bonchev–Trinajstić information content (AvgIpc) is 2.64. The highest BCUT2D eigenvalue weighted by Gasteiger charge is 2.40. The van der Waals surface area contributed by atoms with Crippen molar-refractivity contribution in [2.45, 2.75) is 64.1 Å². The number of rotatable bonds is 4. The summed E-state index contributed by atoms with van der Waals surface area (Å²) in [5.41, 5.74) is 0.857. The Balaban J connectivity index is 2.44. The van der Waals surface area contributed by atoms with Crippen LogP contribution in [0.3, 0.4) is 0 Å². The lowest BCUT2D eigenvalue weighted by Gasteiger charge is -2.33. The number of ether oxygens (including phenoxy) is 1. The molecular formula is C20H28N2O5S. The largest absolute Gasteiger partial charge is 0.480 e. The van der Waals surface area contributed by atoms with Gasteiger partial charge >= 0.3 is 12.1 Å². The minimum Gasteiger partial charge on any atom is -0.480 e. The van der Waals surface area contributed by atoms with Gasteiger partial charge in [-0.1, -0.05) is 19.9 Å². The number of fused-ring (bicyclic) bond motifs is 1. The molecule has 0 saturated carbocycles. The summed E-state index contributed by atoms with van der Waals surface area (Å²) in [4.78, 5) is 39.7. The Hall–Kier alpha value is -2.22. The highest BCUT2D eigenvalue weighted by atomic mass is 32.2. The van der Waals surface area contributed by atoms with E-state index in [0.29, 0.717) is 5.69 Å². The van der Waals surface area contributed by atoms with Crippen LogP contribution in [0, 0.1) is 12.8 Å². The lowest BCUT2D eigenvalue weighted by atomic mass is 10.0. The van der Waals surface area contributed by atoms with Gasteiger partial charge in [0.1, 0.15) is 17.7 Å². The highest BCUT2D eigenvalue weighted by molar-refractivity contribution is 7.99. The maximum absolute atomic E-state index is 13.3. The van der Waals surface area contributed by atoms with E-state index in [-0.39, 0.29) is 11.7 Å². The van der Waals surface area contributed by atoms with Crippen LogP contribution in [0.4, 0.5) is 10.5 Å². The molecule has 2 amide bonds. The van der Waals surface area contributed by atoms with Gasteiger partial charge in [-0.3, -0.25) is 9.69 Å². The first-order chi connectivity index (χ1) is 12.9. The summed E-state index contributed by atoms with van der Waals surface area (Å²) < 4.78 is 5.27. The van der Waals surface area contributed by atoms with E-state index in [0.717, 1.165) is 10.5 Å². The second-order valence-corrected chi connectivity index (χ2v) is 9.28. The molecule has 0 aliphatic carbocycles. The summed E-state index contributed by atoms with van der Waals surface area (Å²) in [6.45, 7) is 10.7. The fourth-order valence-electron chi connectivity index (χ4n) is 3.00. The van der Waals surface area contributed by atoms with E-state index in [1.165, 1.54) is 16.7 Å². The van der Waals surface area contributed by atoms with Crippen molar-refractivity contribution in [1.82, 2.24) is 5.32 Å². The standard InChI is InChI=1S/C20H28N2O5S/c1-11(2)16(18(24)25)22-14-8-7-12(3)9-15(14)28-10-13(17(22)23)21-19(26)27-20(4,5)6/h7-9,11,13,16H,10H2,1-6H3,(H,21,26)(H,24,25)/t13-,16-/m0/s1. The number of thioether (sulfide) groups is 1. The molecule has 2 atom stereocenters. The number of alkyl carbamates (subject to hydrolysis) is 1. The van der Waals surface area contributed by atoms with Crippen molar-refractivity contribution >= 4 is 35.4 Å². The van der Waals surface area contributed by atoms with E-state index >= 15 is 0 Å². The number of carbonyl (C=O) groups is 3. The van der Waals surface area contributed by atoms with Crippen molar-refractivity contribution in [2.75, 3.05) is 10.7 Å². The third kappa shape index (κ3) is 5.19. The van der Waals surface area contributed by atoms with E-state index < -0.39 is 35.7 Å². The normalized spacial score (nSPS) is 18.3. The molecule has 2 rings (SSSR count). The molecule has 154 valence electrons. The van der Waals surface area contributed by atoms with Crippen LogP contribution in [0.25, 0.3) is 0 Å². The van der Waals surface area contributed by atoms with Crippen LogP contribution in [-0.2, 0) is 14.3 Å². The Bertz CT molecular complexity index is 772. The number of carbonyl (C=O) groups excluding carboxylic acids is 2. The van der Waals surface area contributed by atoms with Crippen molar-refractivity contribution in [3.05, 3.63) is 23.8 Å². The summed E-state index contributed by atoms with van der Waals surface area (Å²) in [6.07, 6.45) is -0.704. The van der Waals surface area contributed by atoms with Gasteiger partial charge < -0.3 is 15.2 Å². The average molecular weight is 409 g/mol. The summed E-state index contributed by atoms with van der Waals surface area (Å²) in [5.74, 6) is -1.57. The van der Waals surface area contributed by atoms with E-state index in [1.54, 1.807) is 40.7 Å². The van der Waals surface area contributed by atoms with Crippen LogP contribution in [-0.4, -0.2) is 46.5 Å². The molecule has 0 aromatic heterocycles. The second kappa shape index (κ2) is 8.43. The second-order valence-electron chi connectivity index (χ2n) is 8.22. The number of benzene rings is 1. The minimum absolute atomic E-state index is 0.287. The molecule has 1 aliphatic rings. The van der Waals surface area contributed by atoms with Crippen LogP contribution in [0.5, 0.6) is 0 Å². The zero-order valence-corrected chi connectivity index (χ0v) is 17.9. The van der Waals surface area contributed by atoms with Crippen LogP contribution in [0.2, 0.25) is 0 Å². The lowest BCUT2D eigenvalue weighted by Crippen LogP contribution is -2.56. The number of aliphatic carboxylic acids is 1. The van der Waals surface area contributed by atoms with Crippen LogP contribution in [0.1, 0.15) is 40.2 Å². The van der Waals surface area contributed by atoms with Gasteiger partial charge in [-0.15, -0.1) is 11.8 Å². The molecule has 8 heteroatoms. The van der Waals surface area contributed by atoms with Crippen molar-refractivity contribution in [3.8, 4) is 0 Å². The quantitative estimate of drug-likeness (QED) is 0.792. The monoisotopic (exact) mass is 408 g/mol. The highest BCUT2D eigenvalue weighted by Crippen LogP contribution is 2.37. The topological polar surface area (TPSA) is 95.9 Å². The maximum atomic E-state index is 13.3. The molecule has 0 saturated heterocycles. The van der Waals surface area contributed by atoms with Gasteiger partial charge in [-0.2, -0.15) is 0 Å². The fourth-order valence-corrected chi connectivity index (χ4v) is 4.16. The molecule has 1 aliphatic heterocycles. The Kier molecular flexibility index (Phi) is 6.64. The lowest BCUT2D eigenvalue weighted by molar-refractivity contribution is -0.141. The first-order valence-electron chi connectivity index (χ1n) is 9.19. The minimum atomic E-state index is -1.09. The van der Waals surface area contributed by atoms with Gasteiger partial charge in [0.25, 0.3) is 5.91 Å². The van der Waals surface area contributed by atoms with Crippen LogP contribution >= 0.6 is 11.8 Å². The van der Waals surface area contributed by atoms with Crippen molar-refractivity contribution in [3.63, 3.8) is 0 Å². The SMILES string of the molecule is Cc1ccc2c(c1)SC[C@H](NC(=O)OC(C)(C)C)C(=O)N2[C@H](C(=O)O)C(C)C. The number of hydrogen-bond acceptors (Lipinski definition) is 5. The summed E-state index contributed by atoms with van der Waals surface area (Å²) in [7, 11) is 0. The van der Waals surface area contributed by atoms with E-state index in [2.05, 4.69) is 5.32 Å². The van der Waals surface area contributed by atoms with Gasteiger partial charge in [0.15, 0.2) is 0 Å². The zero-order chi connectivity index (χ0) is 21.2. The van der Waals surface area contributed by atoms with Crippen LogP contribution in [0.15, 0.2) is 23.1 Å². The van der Waals surface area contributed by atoms with E-state index in [1.807, 2.05) is 19.1 Å². The molecule has 1 aromatic carbocycles. The molecule has 0 fully saturated rings. The first-order valence-corrected chi connectivity index (χ1v) is 10.2. The maximum Gasteiger partial charge on any atom is 0.408 e. The fraction of sp³-hybridized carbons (Fsp3) is 0.550. The van der Waals surface area contributed by atoms with E-state index in [4.69, 9.17) is 4.74 Å². The molecule has 1 heterocycles. The molecule has 0 radical (unpaired) electrons. The molecular weight excluding hydrogens is 380 g/mol. The van der Waals surface area contributed by atoms with Crippen molar-refractivity contribution in [2.24, 2.45) is 5.92 Å². The third-order valence-electron chi connectivity index (χ3n) is 4.17. The molecule has 0 bridgehead atoms. The Morgan fingerprint density at radius 3 is 2.50 bits per heavy atom. The van der Waals surface area contributed by atoms with Crippen molar-refractivity contribution in [1.29, 1.82) is 0 Å². The predicted octanol–water partition coefficient (Wildman–Crippen LogP) is 3.44. The summed E-state index contributed by atoms with van der Waals surface area (Å²) >= 11 is 1.41. The van der Waals surface area contributed by atoms with Crippen LogP contribution < -0.4 is 10.2 Å². The molecule has 28 heavy (non-hydrogen) atoms. The zero-order valence-electron chi connectivity index (χ0n) is 17.1. The number of nitrogens with zero attached hydrogens (tertiary/aromatic N) is 1. The van der Waals surface area contributed by atoms with Gasteiger partial charge in [-0.25, -0.2) is 9.59 Å². The number of anilines is 1. The first kappa shape index (κ1) is 22.1. The number of carboxylic acids is 1. The predicted molar refractivity (Wildman–Crippen MR) is 109 cm³/mol. The van der Waals surface area contributed by atoms with Gasteiger partial charge in [-0.05, 0) is 51.3 Å². The summed E-state index contributed by atoms with van der Waals surface area (Å²) in [5, 5.41) is 12.4. The Morgan fingerprint density at radius 2 is 1.96 bits per heavy atom. The number of hydrogen-bond donors (Lipinski definition) is 2. The number of carboxylic acid groups (broad SMARTS) is 1. The molecule has 1 aromatic rings. The third-order valence-corrected chi connectivity index (χ3v) is 5.31. The van der Waals surface area contributed by atoms with Gasteiger partial charge in [0, 0.05) is 10.6 Å². The Labute approximate surface area is 169 Å². The molecule has 0 unspecified atom stereocenters. The number of amides is 2. The molecule has 7 nitrogen and oxygen atoms in total. The number of nitrogens with one attached hydrogen (secondary N) is 1. The molecule has 2 N–H and O–H groups in total. The van der Waals surface area contributed by atoms with Crippen molar-refractivity contribution < 1.29 is 24.2 Å². The Morgan fingerprint density at radius 1 is 1.32 bits per heavy atom. The van der Waals surface area contributed by atoms with Gasteiger partial charge in [0.05, 0.1) is 5.69 Å². The number of aryl methyl sites for hydroxylation is 1.